The van der Waals surface area contributed by atoms with Gasteiger partial charge in [-0.25, -0.2) is 0 Å². The number of carbonyl (C=O) groups excluding carboxylic acids is 2. The molecule has 4 rings (SSSR count). The van der Waals surface area contributed by atoms with E-state index >= 15 is 0 Å². The van der Waals surface area contributed by atoms with Gasteiger partial charge in [0, 0.05) is 29.7 Å². The molecule has 1 N–H and O–H groups in total. The fourth-order valence-electron chi connectivity index (χ4n) is 3.89. The van der Waals surface area contributed by atoms with E-state index < -0.39 is 23.5 Å². The molecular weight excluding hydrogens is 479 g/mol. The zero-order chi connectivity index (χ0) is 24.4. The summed E-state index contributed by atoms with van der Waals surface area (Å²) in [5, 5.41) is 11.5. The molecule has 2 aromatic carbocycles. The Hall–Kier alpha value is -3.55. The second kappa shape index (κ2) is 9.75. The Balaban J connectivity index is 1.93. The van der Waals surface area contributed by atoms with E-state index in [4.69, 9.17) is 32.7 Å². The van der Waals surface area contributed by atoms with Crippen molar-refractivity contribution in [2.45, 2.75) is 13.0 Å². The summed E-state index contributed by atoms with van der Waals surface area (Å²) in [5.41, 5.74) is 1.03. The highest BCUT2D eigenvalue weighted by molar-refractivity contribution is 6.51. The maximum atomic E-state index is 13.2. The number of methoxy groups -OCH3 is 1. The fraction of sp³-hybridized carbons (Fsp3) is 0.160. The van der Waals surface area contributed by atoms with Crippen LogP contribution in [0.3, 0.4) is 0 Å². The zero-order valence-electron chi connectivity index (χ0n) is 18.3. The van der Waals surface area contributed by atoms with Crippen molar-refractivity contribution < 1.29 is 24.2 Å². The van der Waals surface area contributed by atoms with Gasteiger partial charge in [-0.05, 0) is 42.8 Å². The molecule has 0 aliphatic carbocycles. The Bertz CT molecular complexity index is 1270. The van der Waals surface area contributed by atoms with Crippen LogP contribution in [0.5, 0.6) is 11.5 Å². The van der Waals surface area contributed by atoms with Crippen LogP contribution in [0, 0.1) is 0 Å². The van der Waals surface area contributed by atoms with E-state index in [1.807, 2.05) is 6.92 Å². The Kier molecular flexibility index (Phi) is 6.77. The number of halogens is 2. The van der Waals surface area contributed by atoms with E-state index in [0.717, 1.165) is 0 Å². The average Bonchev–Trinajstić information content (AvgIpc) is 3.10. The highest BCUT2D eigenvalue weighted by atomic mass is 35.5. The molecule has 0 saturated carbocycles. The molecule has 0 radical (unpaired) electrons. The van der Waals surface area contributed by atoms with E-state index in [0.29, 0.717) is 23.6 Å². The number of pyridine rings is 1. The standard InChI is InChI=1S/C25H20Cl2N2O5/c1-3-34-17-8-4-7-16(12-17)29-21(14-6-5-9-28-13-14)20(23(31)25(29)32)22(30)15-10-18(26)24(33-2)19(27)11-15/h4-13,21,30H,3H2,1-2H3/b22-20+. The van der Waals surface area contributed by atoms with Crippen molar-refractivity contribution in [1.29, 1.82) is 0 Å². The first kappa shape index (κ1) is 23.6. The first-order chi connectivity index (χ1) is 16.4. The first-order valence-corrected chi connectivity index (χ1v) is 11.1. The lowest BCUT2D eigenvalue weighted by Gasteiger charge is -2.25. The van der Waals surface area contributed by atoms with Crippen molar-refractivity contribution in [3.05, 3.63) is 87.7 Å². The quantitative estimate of drug-likeness (QED) is 0.277. The maximum Gasteiger partial charge on any atom is 0.300 e. The second-order valence-electron chi connectivity index (χ2n) is 7.36. The average molecular weight is 499 g/mol. The third-order valence-electron chi connectivity index (χ3n) is 5.33. The lowest BCUT2D eigenvalue weighted by molar-refractivity contribution is -0.132. The van der Waals surface area contributed by atoms with Gasteiger partial charge < -0.3 is 14.6 Å². The fourth-order valence-corrected chi connectivity index (χ4v) is 4.53. The Labute approximate surface area is 206 Å². The van der Waals surface area contributed by atoms with Crippen LogP contribution < -0.4 is 14.4 Å². The van der Waals surface area contributed by atoms with Crippen LogP contribution in [0.1, 0.15) is 24.1 Å². The lowest BCUT2D eigenvalue weighted by Crippen LogP contribution is -2.29. The molecule has 0 bridgehead atoms. The van der Waals surface area contributed by atoms with Gasteiger partial charge in [0.1, 0.15) is 11.5 Å². The summed E-state index contributed by atoms with van der Waals surface area (Å²) in [6, 6.07) is 12.2. The van der Waals surface area contributed by atoms with Gasteiger partial charge in [0.25, 0.3) is 11.7 Å². The topological polar surface area (TPSA) is 89.0 Å². The number of ether oxygens (including phenoxy) is 2. The summed E-state index contributed by atoms with van der Waals surface area (Å²) < 4.78 is 10.7. The normalized spacial score (nSPS) is 17.2. The molecule has 1 aliphatic heterocycles. The molecule has 1 aromatic heterocycles. The summed E-state index contributed by atoms with van der Waals surface area (Å²) in [7, 11) is 1.41. The number of ketones is 1. The van der Waals surface area contributed by atoms with Crippen molar-refractivity contribution in [3.63, 3.8) is 0 Å². The van der Waals surface area contributed by atoms with Crippen LogP contribution in [0.15, 0.2) is 66.5 Å². The number of anilines is 1. The smallest absolute Gasteiger partial charge is 0.300 e. The van der Waals surface area contributed by atoms with Gasteiger partial charge >= 0.3 is 0 Å². The van der Waals surface area contributed by atoms with Gasteiger partial charge in [0.2, 0.25) is 0 Å². The molecule has 1 unspecified atom stereocenters. The van der Waals surface area contributed by atoms with E-state index in [2.05, 4.69) is 4.98 Å². The lowest BCUT2D eigenvalue weighted by atomic mass is 9.96. The molecule has 0 spiro atoms. The van der Waals surface area contributed by atoms with Gasteiger partial charge in [-0.2, -0.15) is 0 Å². The Morgan fingerprint density at radius 2 is 1.85 bits per heavy atom. The number of amides is 1. The van der Waals surface area contributed by atoms with Gasteiger partial charge in [0.05, 0.1) is 35.4 Å². The minimum Gasteiger partial charge on any atom is -0.507 e. The summed E-state index contributed by atoms with van der Waals surface area (Å²) in [6.07, 6.45) is 3.12. The zero-order valence-corrected chi connectivity index (χ0v) is 19.8. The van der Waals surface area contributed by atoms with Crippen LogP contribution in [-0.4, -0.2) is 35.5 Å². The monoisotopic (exact) mass is 498 g/mol. The third kappa shape index (κ3) is 4.20. The van der Waals surface area contributed by atoms with Crippen LogP contribution in [0.4, 0.5) is 5.69 Å². The van der Waals surface area contributed by atoms with Crippen molar-refractivity contribution in [2.75, 3.05) is 18.6 Å². The van der Waals surface area contributed by atoms with E-state index in [-0.39, 0.29) is 26.9 Å². The number of benzene rings is 2. The second-order valence-corrected chi connectivity index (χ2v) is 8.17. The molecular formula is C25H20Cl2N2O5. The minimum absolute atomic E-state index is 0.114. The molecule has 1 fully saturated rings. The predicted octanol–water partition coefficient (Wildman–Crippen LogP) is 5.42. The number of aromatic nitrogens is 1. The van der Waals surface area contributed by atoms with Gasteiger partial charge in [-0.3, -0.25) is 19.5 Å². The molecule has 9 heteroatoms. The molecule has 174 valence electrons. The molecule has 2 heterocycles. The molecule has 1 aliphatic rings. The largest absolute Gasteiger partial charge is 0.507 e. The Morgan fingerprint density at radius 1 is 1.12 bits per heavy atom. The summed E-state index contributed by atoms with van der Waals surface area (Å²) in [5.74, 6) is -1.29. The number of nitrogens with zero attached hydrogens (tertiary/aromatic N) is 2. The van der Waals surface area contributed by atoms with Crippen molar-refractivity contribution in [3.8, 4) is 11.5 Å². The molecule has 1 saturated heterocycles. The number of aliphatic hydroxyl groups excluding tert-OH is 1. The number of hydrogen-bond acceptors (Lipinski definition) is 6. The van der Waals surface area contributed by atoms with Crippen LogP contribution in [-0.2, 0) is 9.59 Å². The van der Waals surface area contributed by atoms with Crippen LogP contribution in [0.25, 0.3) is 5.76 Å². The first-order valence-electron chi connectivity index (χ1n) is 10.3. The number of carbonyl (C=O) groups is 2. The molecule has 34 heavy (non-hydrogen) atoms. The van der Waals surface area contributed by atoms with E-state index in [1.165, 1.54) is 30.3 Å². The summed E-state index contributed by atoms with van der Waals surface area (Å²) in [6.45, 7) is 2.28. The SMILES string of the molecule is CCOc1cccc(N2C(=O)C(=O)/C(=C(/O)c3cc(Cl)c(OC)c(Cl)c3)C2c2cccnc2)c1. The van der Waals surface area contributed by atoms with Crippen molar-refractivity contribution in [2.24, 2.45) is 0 Å². The highest BCUT2D eigenvalue weighted by Gasteiger charge is 2.47. The summed E-state index contributed by atoms with van der Waals surface area (Å²) in [4.78, 5) is 31.9. The number of rotatable bonds is 6. The molecule has 3 aromatic rings. The molecule has 1 atom stereocenters. The molecule has 7 nitrogen and oxygen atoms in total. The van der Waals surface area contributed by atoms with Crippen molar-refractivity contribution in [1.82, 2.24) is 4.98 Å². The minimum atomic E-state index is -0.940. The summed E-state index contributed by atoms with van der Waals surface area (Å²) >= 11 is 12.5. The van der Waals surface area contributed by atoms with E-state index in [9.17, 15) is 14.7 Å². The van der Waals surface area contributed by atoms with Crippen LogP contribution >= 0.6 is 23.2 Å². The third-order valence-corrected chi connectivity index (χ3v) is 5.89. The van der Waals surface area contributed by atoms with Gasteiger partial charge in [-0.1, -0.05) is 35.3 Å². The van der Waals surface area contributed by atoms with Crippen LogP contribution in [0.2, 0.25) is 10.0 Å². The maximum absolute atomic E-state index is 13.2. The highest BCUT2D eigenvalue weighted by Crippen LogP contribution is 2.44. The van der Waals surface area contributed by atoms with E-state index in [1.54, 1.807) is 42.6 Å². The van der Waals surface area contributed by atoms with Gasteiger partial charge in [-0.15, -0.1) is 0 Å². The number of aliphatic hydroxyl groups is 1. The molecule has 1 amide bonds. The number of Topliss-reactive ketones (excluding diaryl/α,β-unsaturated/α-hetero) is 1. The predicted molar refractivity (Wildman–Crippen MR) is 130 cm³/mol. The number of hydrogen-bond donors (Lipinski definition) is 1. The van der Waals surface area contributed by atoms with Gasteiger partial charge in [0.15, 0.2) is 5.75 Å². The Morgan fingerprint density at radius 3 is 2.47 bits per heavy atom. The van der Waals surface area contributed by atoms with Crippen molar-refractivity contribution >= 4 is 46.3 Å².